The predicted molar refractivity (Wildman–Crippen MR) is 52.0 cm³/mol. The van der Waals surface area contributed by atoms with Gasteiger partial charge in [0.05, 0.1) is 0 Å². The van der Waals surface area contributed by atoms with E-state index in [1.165, 1.54) is 12.1 Å². The molecule has 0 aliphatic carbocycles. The Morgan fingerprint density at radius 1 is 1.35 bits per heavy atom. The van der Waals surface area contributed by atoms with Crippen molar-refractivity contribution >= 4 is 5.97 Å². The number of alkyl halides is 3. The van der Waals surface area contributed by atoms with Gasteiger partial charge >= 0.3 is 12.1 Å². The minimum Gasteiger partial charge on any atom is -0.480 e. The highest BCUT2D eigenvalue weighted by atomic mass is 19.4. The van der Waals surface area contributed by atoms with Crippen molar-refractivity contribution in [3.8, 4) is 0 Å². The maximum Gasteiger partial charge on any atom is 0.413 e. The van der Waals surface area contributed by atoms with Crippen LogP contribution < -0.4 is 5.48 Å². The van der Waals surface area contributed by atoms with Crippen LogP contribution in [0, 0.1) is 0 Å². The average Bonchev–Trinajstić information content (AvgIpc) is 2.23. The third kappa shape index (κ3) is 4.83. The molecule has 0 bridgehead atoms. The molecular formula is C10H10F3NO3. The van der Waals surface area contributed by atoms with Crippen LogP contribution in [0.15, 0.2) is 30.3 Å². The molecule has 0 aliphatic heterocycles. The number of rotatable bonds is 5. The molecule has 0 amide bonds. The zero-order valence-corrected chi connectivity index (χ0v) is 8.57. The van der Waals surface area contributed by atoms with Crippen molar-refractivity contribution in [1.29, 1.82) is 0 Å². The summed E-state index contributed by atoms with van der Waals surface area (Å²) < 4.78 is 35.4. The number of aliphatic carboxylic acids is 1. The van der Waals surface area contributed by atoms with Gasteiger partial charge in [-0.3, -0.25) is 9.63 Å². The van der Waals surface area contributed by atoms with Gasteiger partial charge in [-0.2, -0.15) is 18.7 Å². The summed E-state index contributed by atoms with van der Waals surface area (Å²) in [7, 11) is 0. The minimum absolute atomic E-state index is 0.308. The molecule has 17 heavy (non-hydrogen) atoms. The maximum absolute atomic E-state index is 11.8. The molecule has 1 atom stereocenters. The highest BCUT2D eigenvalue weighted by Gasteiger charge is 2.29. The molecule has 0 fully saturated rings. The molecule has 1 aromatic carbocycles. The van der Waals surface area contributed by atoms with E-state index in [1.807, 2.05) is 5.48 Å². The van der Waals surface area contributed by atoms with E-state index in [0.717, 1.165) is 0 Å². The Labute approximate surface area is 95.0 Å². The quantitative estimate of drug-likeness (QED) is 0.782. The largest absolute Gasteiger partial charge is 0.480 e. The smallest absolute Gasteiger partial charge is 0.413 e. The van der Waals surface area contributed by atoms with Crippen molar-refractivity contribution in [3.05, 3.63) is 35.9 Å². The molecule has 7 heteroatoms. The fourth-order valence-electron chi connectivity index (χ4n) is 1.11. The lowest BCUT2D eigenvalue weighted by atomic mass is 10.1. The molecular weight excluding hydrogens is 239 g/mol. The van der Waals surface area contributed by atoms with Crippen LogP contribution in [0.5, 0.6) is 0 Å². The van der Waals surface area contributed by atoms with E-state index >= 15 is 0 Å². The molecule has 1 rings (SSSR count). The lowest BCUT2D eigenvalue weighted by Gasteiger charge is -2.15. The van der Waals surface area contributed by atoms with E-state index in [2.05, 4.69) is 4.84 Å². The normalized spacial score (nSPS) is 13.4. The molecule has 94 valence electrons. The number of hydrogen-bond acceptors (Lipinski definition) is 3. The van der Waals surface area contributed by atoms with Crippen LogP contribution in [0.2, 0.25) is 0 Å². The van der Waals surface area contributed by atoms with Crippen LogP contribution in [0.25, 0.3) is 0 Å². The van der Waals surface area contributed by atoms with Crippen LogP contribution in [0.3, 0.4) is 0 Å². The molecule has 0 saturated carbocycles. The summed E-state index contributed by atoms with van der Waals surface area (Å²) in [6.45, 7) is -1.55. The SMILES string of the molecule is O=C(O)C(NOCC(F)(F)F)c1ccccc1. The summed E-state index contributed by atoms with van der Waals surface area (Å²) in [6.07, 6.45) is -4.51. The van der Waals surface area contributed by atoms with E-state index in [-0.39, 0.29) is 0 Å². The summed E-state index contributed by atoms with van der Waals surface area (Å²) in [6, 6.07) is 6.44. The zero-order valence-electron chi connectivity index (χ0n) is 8.57. The zero-order chi connectivity index (χ0) is 12.9. The van der Waals surface area contributed by atoms with Crippen molar-refractivity contribution in [2.75, 3.05) is 6.61 Å². The van der Waals surface area contributed by atoms with Gasteiger partial charge < -0.3 is 5.11 Å². The van der Waals surface area contributed by atoms with E-state index in [0.29, 0.717) is 5.56 Å². The highest BCUT2D eigenvalue weighted by molar-refractivity contribution is 5.75. The van der Waals surface area contributed by atoms with Crippen LogP contribution in [-0.4, -0.2) is 23.9 Å². The standard InChI is InChI=1S/C10H10F3NO3/c11-10(12,13)6-17-14-8(9(15)16)7-4-2-1-3-5-7/h1-5,8,14H,6H2,(H,15,16). The van der Waals surface area contributed by atoms with Gasteiger partial charge in [0.1, 0.15) is 0 Å². The molecule has 0 spiro atoms. The van der Waals surface area contributed by atoms with Crippen molar-refractivity contribution in [2.24, 2.45) is 0 Å². The number of benzene rings is 1. The number of carbonyl (C=O) groups is 1. The van der Waals surface area contributed by atoms with E-state index in [1.54, 1.807) is 18.2 Å². The number of hydroxylamine groups is 1. The monoisotopic (exact) mass is 249 g/mol. The van der Waals surface area contributed by atoms with Crippen LogP contribution in [0.1, 0.15) is 11.6 Å². The molecule has 4 nitrogen and oxygen atoms in total. The first-order valence-corrected chi connectivity index (χ1v) is 4.62. The van der Waals surface area contributed by atoms with Crippen LogP contribution in [0.4, 0.5) is 13.2 Å². The first kappa shape index (κ1) is 13.5. The topological polar surface area (TPSA) is 58.6 Å². The first-order chi connectivity index (χ1) is 7.90. The van der Waals surface area contributed by atoms with Crippen LogP contribution >= 0.6 is 0 Å². The Bertz CT molecular complexity index is 367. The van der Waals surface area contributed by atoms with Crippen molar-refractivity contribution in [1.82, 2.24) is 5.48 Å². The number of carboxylic acid groups (broad SMARTS) is 1. The Morgan fingerprint density at radius 3 is 2.41 bits per heavy atom. The van der Waals surface area contributed by atoms with Crippen molar-refractivity contribution < 1.29 is 27.9 Å². The van der Waals surface area contributed by atoms with E-state index in [9.17, 15) is 18.0 Å². The number of hydrogen-bond donors (Lipinski definition) is 2. The Morgan fingerprint density at radius 2 is 1.94 bits per heavy atom. The average molecular weight is 249 g/mol. The van der Waals surface area contributed by atoms with Gasteiger partial charge in [-0.25, -0.2) is 0 Å². The van der Waals surface area contributed by atoms with Crippen LogP contribution in [-0.2, 0) is 9.63 Å². The molecule has 0 aliphatic rings. The summed E-state index contributed by atoms with van der Waals surface area (Å²) in [4.78, 5) is 15.0. The third-order valence-electron chi connectivity index (χ3n) is 1.82. The molecule has 1 unspecified atom stereocenters. The number of halogens is 3. The van der Waals surface area contributed by atoms with Gasteiger partial charge in [0.25, 0.3) is 0 Å². The van der Waals surface area contributed by atoms with Gasteiger partial charge in [0.2, 0.25) is 0 Å². The highest BCUT2D eigenvalue weighted by Crippen LogP contribution is 2.16. The lowest BCUT2D eigenvalue weighted by molar-refractivity contribution is -0.195. The van der Waals surface area contributed by atoms with Gasteiger partial charge in [0, 0.05) is 0 Å². The van der Waals surface area contributed by atoms with Gasteiger partial charge in [-0.1, -0.05) is 30.3 Å². The molecule has 0 aromatic heterocycles. The van der Waals surface area contributed by atoms with Gasteiger partial charge in [-0.15, -0.1) is 0 Å². The van der Waals surface area contributed by atoms with Crippen molar-refractivity contribution in [3.63, 3.8) is 0 Å². The number of nitrogens with one attached hydrogen (secondary N) is 1. The molecule has 0 heterocycles. The van der Waals surface area contributed by atoms with E-state index in [4.69, 9.17) is 5.11 Å². The second kappa shape index (κ2) is 5.65. The lowest BCUT2D eigenvalue weighted by Crippen LogP contribution is -2.32. The minimum atomic E-state index is -4.51. The Hall–Kier alpha value is -1.60. The first-order valence-electron chi connectivity index (χ1n) is 4.62. The molecule has 0 radical (unpaired) electrons. The van der Waals surface area contributed by atoms with Gasteiger partial charge in [0.15, 0.2) is 12.6 Å². The fraction of sp³-hybridized carbons (Fsp3) is 0.300. The Balaban J connectivity index is 2.60. The fourth-order valence-corrected chi connectivity index (χ4v) is 1.11. The second-order valence-corrected chi connectivity index (χ2v) is 3.20. The summed E-state index contributed by atoms with van der Waals surface area (Å²) in [5.41, 5.74) is 2.18. The van der Waals surface area contributed by atoms with E-state index < -0.39 is 24.8 Å². The maximum atomic E-state index is 11.8. The number of carboxylic acids is 1. The van der Waals surface area contributed by atoms with Crippen molar-refractivity contribution in [2.45, 2.75) is 12.2 Å². The Kier molecular flexibility index (Phi) is 4.47. The predicted octanol–water partition coefficient (Wildman–Crippen LogP) is 1.90. The molecule has 0 saturated heterocycles. The third-order valence-corrected chi connectivity index (χ3v) is 1.82. The second-order valence-electron chi connectivity index (χ2n) is 3.20. The molecule has 1 aromatic rings. The van der Waals surface area contributed by atoms with Gasteiger partial charge in [-0.05, 0) is 5.56 Å². The summed E-state index contributed by atoms with van der Waals surface area (Å²) in [5, 5.41) is 8.83. The molecule has 2 N–H and O–H groups in total. The summed E-state index contributed by atoms with van der Waals surface area (Å²) >= 11 is 0. The summed E-state index contributed by atoms with van der Waals surface area (Å²) in [5.74, 6) is -1.32.